The van der Waals surface area contributed by atoms with Crippen molar-refractivity contribution < 1.29 is 4.42 Å². The SMILES string of the molecule is c1ccc(-c2ccc(-c3ccc(N(c4ccc5c(c4)sc4cc6ccccc6cc45)c4ccc5c(c4)sc4cc6ccccc6cc45)cc3)o2)cc1. The van der Waals surface area contributed by atoms with Crippen molar-refractivity contribution in [2.45, 2.75) is 0 Å². The lowest BCUT2D eigenvalue weighted by molar-refractivity contribution is 0.597. The van der Waals surface area contributed by atoms with E-state index in [1.54, 1.807) is 0 Å². The van der Waals surface area contributed by atoms with Gasteiger partial charge in [0.15, 0.2) is 0 Å². The molecule has 2 nitrogen and oxygen atoms in total. The molecule has 0 amide bonds. The Morgan fingerprint density at radius 2 is 0.750 bits per heavy atom. The zero-order valence-corrected chi connectivity index (χ0v) is 29.5. The number of nitrogens with zero attached hydrogens (tertiary/aromatic N) is 1. The summed E-state index contributed by atoms with van der Waals surface area (Å²) >= 11 is 3.74. The van der Waals surface area contributed by atoms with Gasteiger partial charge in [0.25, 0.3) is 0 Å². The Hall–Kier alpha value is -6.20. The minimum absolute atomic E-state index is 0.857. The van der Waals surface area contributed by atoms with Gasteiger partial charge >= 0.3 is 0 Å². The van der Waals surface area contributed by atoms with Crippen LogP contribution >= 0.6 is 22.7 Å². The summed E-state index contributed by atoms with van der Waals surface area (Å²) in [5, 5.41) is 10.3. The monoisotopic (exact) mass is 699 g/mol. The summed E-state index contributed by atoms with van der Waals surface area (Å²) in [6, 6.07) is 63.7. The van der Waals surface area contributed by atoms with Gasteiger partial charge in [-0.3, -0.25) is 0 Å². The van der Waals surface area contributed by atoms with Crippen LogP contribution in [0.3, 0.4) is 0 Å². The normalized spacial score (nSPS) is 11.8. The number of furan rings is 1. The zero-order chi connectivity index (χ0) is 34.2. The molecule has 0 aliphatic carbocycles. The van der Waals surface area contributed by atoms with E-state index in [2.05, 4.69) is 163 Å². The van der Waals surface area contributed by atoms with Gasteiger partial charge in [-0.1, -0.05) is 91.0 Å². The number of thiophene rings is 2. The first-order valence-corrected chi connectivity index (χ1v) is 19.1. The molecule has 0 bridgehead atoms. The molecule has 0 atom stereocenters. The molecule has 0 N–H and O–H groups in total. The van der Waals surface area contributed by atoms with E-state index in [-0.39, 0.29) is 0 Å². The van der Waals surface area contributed by atoms with Gasteiger partial charge in [-0.2, -0.15) is 0 Å². The largest absolute Gasteiger partial charge is 0.456 e. The quantitative estimate of drug-likeness (QED) is 0.178. The molecule has 52 heavy (non-hydrogen) atoms. The lowest BCUT2D eigenvalue weighted by Crippen LogP contribution is -2.09. The number of fused-ring (bicyclic) bond motifs is 8. The number of rotatable bonds is 5. The molecule has 4 heteroatoms. The molecule has 0 fully saturated rings. The predicted molar refractivity (Wildman–Crippen MR) is 225 cm³/mol. The van der Waals surface area contributed by atoms with Gasteiger partial charge in [0.05, 0.1) is 0 Å². The molecule has 3 aromatic heterocycles. The van der Waals surface area contributed by atoms with Crippen LogP contribution < -0.4 is 4.90 Å². The third-order valence-corrected chi connectivity index (χ3v) is 12.5. The van der Waals surface area contributed by atoms with Gasteiger partial charge in [0.2, 0.25) is 0 Å². The molecular formula is C48H29NOS2. The zero-order valence-electron chi connectivity index (χ0n) is 27.9. The second-order valence-electron chi connectivity index (χ2n) is 13.4. The first-order valence-electron chi connectivity index (χ1n) is 17.5. The summed E-state index contributed by atoms with van der Waals surface area (Å²) < 4.78 is 11.5. The first kappa shape index (κ1) is 29.5. The van der Waals surface area contributed by atoms with E-state index in [1.807, 2.05) is 40.9 Å². The van der Waals surface area contributed by atoms with E-state index in [1.165, 1.54) is 61.9 Å². The third kappa shape index (κ3) is 4.84. The Morgan fingerprint density at radius 1 is 0.327 bits per heavy atom. The standard InChI is InChI=1S/C48H29NOS2/c1-2-8-30(9-3-1)43-22-23-44(50-43)31-14-16-36(17-15-31)49(37-18-20-39-41-24-32-10-4-6-12-34(32)26-45(41)51-47(39)28-37)38-19-21-40-42-25-33-11-5-7-13-35(33)27-46(42)52-48(40)29-38/h1-29H. The summed E-state index contributed by atoms with van der Waals surface area (Å²) in [6.45, 7) is 0. The van der Waals surface area contributed by atoms with Crippen molar-refractivity contribution in [2.75, 3.05) is 4.90 Å². The summed E-state index contributed by atoms with van der Waals surface area (Å²) in [7, 11) is 0. The van der Waals surface area contributed by atoms with Crippen molar-refractivity contribution in [2.24, 2.45) is 0 Å². The lowest BCUT2D eigenvalue weighted by Gasteiger charge is -2.26. The summed E-state index contributed by atoms with van der Waals surface area (Å²) in [4.78, 5) is 2.39. The minimum atomic E-state index is 0.857. The van der Waals surface area contributed by atoms with Crippen LogP contribution in [0, 0.1) is 0 Å². The molecule has 8 aromatic carbocycles. The van der Waals surface area contributed by atoms with E-state index in [0.29, 0.717) is 0 Å². The highest BCUT2D eigenvalue weighted by molar-refractivity contribution is 7.26. The minimum Gasteiger partial charge on any atom is -0.456 e. The van der Waals surface area contributed by atoms with Crippen LogP contribution in [0.15, 0.2) is 180 Å². The highest BCUT2D eigenvalue weighted by atomic mass is 32.1. The smallest absolute Gasteiger partial charge is 0.134 e. The lowest BCUT2D eigenvalue weighted by atomic mass is 10.0. The molecule has 0 saturated heterocycles. The van der Waals surface area contributed by atoms with Crippen molar-refractivity contribution in [3.05, 3.63) is 176 Å². The topological polar surface area (TPSA) is 16.4 Å². The second-order valence-corrected chi connectivity index (χ2v) is 15.5. The molecule has 0 aliphatic heterocycles. The average Bonchev–Trinajstić information content (AvgIpc) is 3.92. The average molecular weight is 700 g/mol. The van der Waals surface area contributed by atoms with Gasteiger partial charge < -0.3 is 9.32 Å². The van der Waals surface area contributed by atoms with E-state index in [0.717, 1.165) is 39.7 Å². The van der Waals surface area contributed by atoms with Crippen LogP contribution in [0.4, 0.5) is 17.1 Å². The predicted octanol–water partition coefficient (Wildman–Crippen LogP) is 15.1. The Kier molecular flexibility index (Phi) is 6.63. The van der Waals surface area contributed by atoms with Crippen molar-refractivity contribution in [3.8, 4) is 22.6 Å². The maximum absolute atomic E-state index is 6.33. The maximum Gasteiger partial charge on any atom is 0.134 e. The number of anilines is 3. The second kappa shape index (κ2) is 11.7. The number of hydrogen-bond acceptors (Lipinski definition) is 4. The van der Waals surface area contributed by atoms with Crippen LogP contribution in [0.2, 0.25) is 0 Å². The molecule has 3 heterocycles. The van der Waals surface area contributed by atoms with E-state index >= 15 is 0 Å². The molecule has 11 rings (SSSR count). The van der Waals surface area contributed by atoms with Gasteiger partial charge in [0, 0.05) is 68.5 Å². The Labute approximate surface area is 308 Å². The Bertz CT molecular complexity index is 2980. The Morgan fingerprint density at radius 3 is 1.27 bits per heavy atom. The number of benzene rings is 8. The van der Waals surface area contributed by atoms with Gasteiger partial charge in [-0.05, 0) is 106 Å². The van der Waals surface area contributed by atoms with Crippen molar-refractivity contribution in [1.29, 1.82) is 0 Å². The molecule has 0 radical (unpaired) electrons. The van der Waals surface area contributed by atoms with Crippen LogP contribution in [-0.4, -0.2) is 0 Å². The van der Waals surface area contributed by atoms with Gasteiger partial charge in [-0.25, -0.2) is 0 Å². The molecular weight excluding hydrogens is 671 g/mol. The first-order chi connectivity index (χ1) is 25.7. The summed E-state index contributed by atoms with van der Waals surface area (Å²) in [5.41, 5.74) is 5.48. The molecule has 0 saturated carbocycles. The molecule has 0 aliphatic rings. The van der Waals surface area contributed by atoms with Crippen LogP contribution in [0.5, 0.6) is 0 Å². The number of hydrogen-bond donors (Lipinski definition) is 0. The molecule has 0 spiro atoms. The third-order valence-electron chi connectivity index (χ3n) is 10.2. The van der Waals surface area contributed by atoms with Crippen molar-refractivity contribution in [1.82, 2.24) is 0 Å². The van der Waals surface area contributed by atoms with Gasteiger partial charge in [0.1, 0.15) is 11.5 Å². The van der Waals surface area contributed by atoms with Crippen molar-refractivity contribution >= 4 is 102 Å². The molecule has 244 valence electrons. The van der Waals surface area contributed by atoms with Crippen LogP contribution in [0.25, 0.3) is 84.5 Å². The van der Waals surface area contributed by atoms with Crippen molar-refractivity contribution in [3.63, 3.8) is 0 Å². The summed E-state index contributed by atoms with van der Waals surface area (Å²) in [6.07, 6.45) is 0. The van der Waals surface area contributed by atoms with Gasteiger partial charge in [-0.15, -0.1) is 22.7 Å². The van der Waals surface area contributed by atoms with E-state index < -0.39 is 0 Å². The van der Waals surface area contributed by atoms with E-state index in [9.17, 15) is 0 Å². The fraction of sp³-hybridized carbons (Fsp3) is 0. The fourth-order valence-electron chi connectivity index (χ4n) is 7.65. The van der Waals surface area contributed by atoms with Crippen LogP contribution in [0.1, 0.15) is 0 Å². The highest BCUT2D eigenvalue weighted by Crippen LogP contribution is 2.44. The molecule has 11 aromatic rings. The Balaban J connectivity index is 1.05. The maximum atomic E-state index is 6.33. The highest BCUT2D eigenvalue weighted by Gasteiger charge is 2.18. The fourth-order valence-corrected chi connectivity index (χ4v) is 9.99. The van der Waals surface area contributed by atoms with E-state index in [4.69, 9.17) is 4.42 Å². The van der Waals surface area contributed by atoms with Crippen LogP contribution in [-0.2, 0) is 0 Å². The molecule has 0 unspecified atom stereocenters. The summed E-state index contributed by atoms with van der Waals surface area (Å²) in [5.74, 6) is 1.73.